The number of quaternary nitrogens is 1. The maximum Gasteiger partial charge on any atom is 0.275 e. The standard InChI is InChI=1S/C18H18N2O/c1-2-13-19-17(21)14-20-18(15-9-5-3-6-10-15)16-11-7-4-8-12-16/h1,3-12,18,20H,13-14H2,(H,19,21)/p+1. The van der Waals surface area contributed by atoms with E-state index in [0.29, 0.717) is 6.54 Å². The average molecular weight is 279 g/mol. The number of rotatable bonds is 6. The predicted octanol–water partition coefficient (Wildman–Crippen LogP) is 1.09. The number of hydrogen-bond donors (Lipinski definition) is 2. The number of hydrogen-bond acceptors (Lipinski definition) is 1. The van der Waals surface area contributed by atoms with Gasteiger partial charge in [-0.2, -0.15) is 0 Å². The van der Waals surface area contributed by atoms with E-state index in [-0.39, 0.29) is 18.5 Å². The fourth-order valence-corrected chi connectivity index (χ4v) is 2.23. The molecule has 3 nitrogen and oxygen atoms in total. The van der Waals surface area contributed by atoms with E-state index in [1.54, 1.807) is 0 Å². The Labute approximate surface area is 125 Å². The van der Waals surface area contributed by atoms with Crippen LogP contribution in [0.15, 0.2) is 60.7 Å². The van der Waals surface area contributed by atoms with Crippen LogP contribution in [-0.2, 0) is 4.79 Å². The lowest BCUT2D eigenvalue weighted by Crippen LogP contribution is -2.87. The largest absolute Gasteiger partial charge is 0.340 e. The lowest BCUT2D eigenvalue weighted by Gasteiger charge is -2.16. The molecule has 106 valence electrons. The minimum Gasteiger partial charge on any atom is -0.340 e. The molecule has 0 fully saturated rings. The van der Waals surface area contributed by atoms with Crippen molar-refractivity contribution in [1.29, 1.82) is 0 Å². The molecule has 2 rings (SSSR count). The summed E-state index contributed by atoms with van der Waals surface area (Å²) in [5.41, 5.74) is 2.35. The second-order valence-electron chi connectivity index (χ2n) is 4.72. The Hall–Kier alpha value is -2.57. The van der Waals surface area contributed by atoms with Crippen LogP contribution in [0.3, 0.4) is 0 Å². The zero-order chi connectivity index (χ0) is 14.9. The minimum absolute atomic E-state index is 0.0511. The molecule has 0 aliphatic carbocycles. The van der Waals surface area contributed by atoms with Gasteiger partial charge < -0.3 is 10.6 Å². The fraction of sp³-hybridized carbons (Fsp3) is 0.167. The molecule has 3 heteroatoms. The summed E-state index contributed by atoms with van der Waals surface area (Å²) in [6.07, 6.45) is 5.14. The van der Waals surface area contributed by atoms with Gasteiger partial charge in [0.05, 0.1) is 6.54 Å². The Kier molecular flexibility index (Phi) is 5.57. The minimum atomic E-state index is -0.0511. The van der Waals surface area contributed by atoms with Crippen LogP contribution in [-0.4, -0.2) is 19.0 Å². The van der Waals surface area contributed by atoms with Gasteiger partial charge in [0.15, 0.2) is 6.54 Å². The van der Waals surface area contributed by atoms with Gasteiger partial charge in [-0.05, 0) is 0 Å². The molecule has 2 aromatic rings. The third kappa shape index (κ3) is 4.48. The number of benzene rings is 2. The number of carbonyl (C=O) groups is 1. The van der Waals surface area contributed by atoms with E-state index in [2.05, 4.69) is 35.5 Å². The molecule has 1 amide bonds. The molecule has 0 aliphatic rings. The molecule has 0 unspecified atom stereocenters. The molecule has 0 radical (unpaired) electrons. The fourth-order valence-electron chi connectivity index (χ4n) is 2.23. The molecule has 0 bridgehead atoms. The number of nitrogens with one attached hydrogen (secondary N) is 1. The summed E-state index contributed by atoms with van der Waals surface area (Å²) < 4.78 is 0. The van der Waals surface area contributed by atoms with Gasteiger partial charge in [0.1, 0.15) is 6.04 Å². The van der Waals surface area contributed by atoms with E-state index < -0.39 is 0 Å². The van der Waals surface area contributed by atoms with Crippen molar-refractivity contribution in [2.45, 2.75) is 6.04 Å². The summed E-state index contributed by atoms with van der Waals surface area (Å²) in [5.74, 6) is 2.35. The Balaban J connectivity index is 2.11. The third-order valence-corrected chi connectivity index (χ3v) is 3.24. The molecular formula is C18H19N2O+. The first-order valence-corrected chi connectivity index (χ1v) is 6.94. The van der Waals surface area contributed by atoms with Crippen molar-refractivity contribution < 1.29 is 10.1 Å². The lowest BCUT2D eigenvalue weighted by atomic mass is 9.99. The Morgan fingerprint density at radius 1 is 1.05 bits per heavy atom. The lowest BCUT2D eigenvalue weighted by molar-refractivity contribution is -0.676. The van der Waals surface area contributed by atoms with Crippen LogP contribution in [0.4, 0.5) is 0 Å². The highest BCUT2D eigenvalue weighted by Gasteiger charge is 2.18. The van der Waals surface area contributed by atoms with E-state index >= 15 is 0 Å². The SMILES string of the molecule is C#CCNC(=O)C[NH2+]C(c1ccccc1)c1ccccc1. The first kappa shape index (κ1) is 14.8. The van der Waals surface area contributed by atoms with E-state index in [1.807, 2.05) is 41.7 Å². The zero-order valence-electron chi connectivity index (χ0n) is 11.8. The van der Waals surface area contributed by atoms with Crippen molar-refractivity contribution >= 4 is 5.91 Å². The van der Waals surface area contributed by atoms with Crippen molar-refractivity contribution in [3.8, 4) is 12.3 Å². The van der Waals surface area contributed by atoms with Gasteiger partial charge in [-0.25, -0.2) is 0 Å². The van der Waals surface area contributed by atoms with Crippen LogP contribution in [0.1, 0.15) is 17.2 Å². The summed E-state index contributed by atoms with van der Waals surface area (Å²) in [4.78, 5) is 11.7. The van der Waals surface area contributed by atoms with Crippen LogP contribution in [0.25, 0.3) is 0 Å². The topological polar surface area (TPSA) is 45.7 Å². The summed E-state index contributed by atoms with van der Waals surface area (Å²) >= 11 is 0. The van der Waals surface area contributed by atoms with Crippen LogP contribution >= 0.6 is 0 Å². The summed E-state index contributed by atoms with van der Waals surface area (Å²) in [6, 6.07) is 20.4. The highest BCUT2D eigenvalue weighted by atomic mass is 16.1. The third-order valence-electron chi connectivity index (χ3n) is 3.24. The second kappa shape index (κ2) is 7.88. The molecule has 0 aromatic heterocycles. The average Bonchev–Trinajstić information content (AvgIpc) is 2.55. The highest BCUT2D eigenvalue weighted by Crippen LogP contribution is 2.17. The van der Waals surface area contributed by atoms with Crippen LogP contribution in [0, 0.1) is 12.3 Å². The molecular weight excluding hydrogens is 260 g/mol. The van der Waals surface area contributed by atoms with Crippen molar-refractivity contribution in [3.05, 3.63) is 71.8 Å². The molecule has 2 aromatic carbocycles. The van der Waals surface area contributed by atoms with Gasteiger partial charge in [0, 0.05) is 11.1 Å². The van der Waals surface area contributed by atoms with E-state index in [0.717, 1.165) is 0 Å². The van der Waals surface area contributed by atoms with E-state index in [9.17, 15) is 4.79 Å². The van der Waals surface area contributed by atoms with Gasteiger partial charge in [-0.15, -0.1) is 6.42 Å². The molecule has 3 N–H and O–H groups in total. The van der Waals surface area contributed by atoms with Gasteiger partial charge in [-0.1, -0.05) is 66.6 Å². The van der Waals surface area contributed by atoms with Crippen LogP contribution in [0.2, 0.25) is 0 Å². The number of carbonyl (C=O) groups excluding carboxylic acids is 1. The molecule has 0 atom stereocenters. The Morgan fingerprint density at radius 3 is 2.05 bits per heavy atom. The van der Waals surface area contributed by atoms with Crippen molar-refractivity contribution in [2.24, 2.45) is 0 Å². The van der Waals surface area contributed by atoms with Crippen LogP contribution in [0.5, 0.6) is 0 Å². The van der Waals surface area contributed by atoms with Crippen LogP contribution < -0.4 is 10.6 Å². The van der Waals surface area contributed by atoms with E-state index in [4.69, 9.17) is 6.42 Å². The maximum atomic E-state index is 11.7. The van der Waals surface area contributed by atoms with Gasteiger partial charge in [0.25, 0.3) is 5.91 Å². The number of terminal acetylenes is 1. The van der Waals surface area contributed by atoms with Crippen molar-refractivity contribution in [3.63, 3.8) is 0 Å². The smallest absolute Gasteiger partial charge is 0.275 e. The molecule has 0 spiro atoms. The van der Waals surface area contributed by atoms with Crippen molar-refractivity contribution in [1.82, 2.24) is 5.32 Å². The molecule has 21 heavy (non-hydrogen) atoms. The molecule has 0 heterocycles. The molecule has 0 aliphatic heterocycles. The monoisotopic (exact) mass is 279 g/mol. The summed E-state index contributed by atoms with van der Waals surface area (Å²) in [6.45, 7) is 0.615. The quantitative estimate of drug-likeness (QED) is 0.764. The Bertz CT molecular complexity index is 563. The molecule has 0 saturated carbocycles. The number of amides is 1. The first-order chi connectivity index (χ1) is 10.3. The summed E-state index contributed by atoms with van der Waals surface area (Å²) in [7, 11) is 0. The molecule has 0 saturated heterocycles. The Morgan fingerprint density at radius 2 is 1.57 bits per heavy atom. The summed E-state index contributed by atoms with van der Waals surface area (Å²) in [5, 5.41) is 4.71. The van der Waals surface area contributed by atoms with Gasteiger partial charge in [0.2, 0.25) is 0 Å². The van der Waals surface area contributed by atoms with Gasteiger partial charge >= 0.3 is 0 Å². The normalized spacial score (nSPS) is 10.1. The maximum absolute atomic E-state index is 11.7. The zero-order valence-corrected chi connectivity index (χ0v) is 11.8. The first-order valence-electron chi connectivity index (χ1n) is 6.94. The predicted molar refractivity (Wildman–Crippen MR) is 83.4 cm³/mol. The van der Waals surface area contributed by atoms with E-state index in [1.165, 1.54) is 11.1 Å². The van der Waals surface area contributed by atoms with Gasteiger partial charge in [-0.3, -0.25) is 4.79 Å². The number of nitrogens with two attached hydrogens (primary N) is 1. The van der Waals surface area contributed by atoms with Crippen molar-refractivity contribution in [2.75, 3.05) is 13.1 Å². The second-order valence-corrected chi connectivity index (χ2v) is 4.72. The highest BCUT2D eigenvalue weighted by molar-refractivity contribution is 5.76.